The van der Waals surface area contributed by atoms with Crippen LogP contribution < -0.4 is 11.2 Å². The van der Waals surface area contributed by atoms with Crippen molar-refractivity contribution in [3.8, 4) is 33.8 Å². The summed E-state index contributed by atoms with van der Waals surface area (Å²) in [6, 6.07) is 11.2. The molecule has 0 atom stereocenters. The van der Waals surface area contributed by atoms with E-state index in [0.717, 1.165) is 40.7 Å². The van der Waals surface area contributed by atoms with Gasteiger partial charge in [0.15, 0.2) is 11.5 Å². The van der Waals surface area contributed by atoms with Gasteiger partial charge in [0, 0.05) is 66.5 Å². The third kappa shape index (κ3) is 4.66. The van der Waals surface area contributed by atoms with Gasteiger partial charge < -0.3 is 21.0 Å². The van der Waals surface area contributed by atoms with Crippen LogP contribution in [-0.2, 0) is 0 Å². The fraction of sp³-hybridized carbons (Fsp3) is 0.172. The van der Waals surface area contributed by atoms with Crippen LogP contribution in [0.1, 0.15) is 0 Å². The van der Waals surface area contributed by atoms with Crippen LogP contribution in [0.15, 0.2) is 67.4 Å². The Bertz CT molecular complexity index is 1960. The minimum absolute atomic E-state index is 0.138. The number of nitrogen functional groups attached to an aromatic ring is 1. The van der Waals surface area contributed by atoms with Gasteiger partial charge in [-0.3, -0.25) is 15.1 Å². The molecule has 1 aliphatic rings. The minimum atomic E-state index is -0.138. The molecule has 1 fully saturated rings. The Morgan fingerprint density at radius 1 is 0.976 bits per heavy atom. The van der Waals surface area contributed by atoms with Crippen LogP contribution in [0.3, 0.4) is 0 Å². The molecule has 2 amide bonds. The van der Waals surface area contributed by atoms with Gasteiger partial charge >= 0.3 is 6.03 Å². The molecule has 0 saturated carbocycles. The zero-order chi connectivity index (χ0) is 28.8. The van der Waals surface area contributed by atoms with E-state index >= 15 is 0 Å². The Labute approximate surface area is 245 Å². The quantitative estimate of drug-likeness (QED) is 0.263. The fourth-order valence-electron chi connectivity index (χ4n) is 5.15. The minimum Gasteiger partial charge on any atom is -0.337 e. The summed E-state index contributed by atoms with van der Waals surface area (Å²) in [5.41, 5.74) is 6.34. The number of H-pyrrole nitrogens is 1. The summed E-state index contributed by atoms with van der Waals surface area (Å²) < 4.78 is 1.48. The number of imidazole rings is 1. The first-order chi connectivity index (χ1) is 20.4. The Hall–Kier alpha value is -5.07. The second kappa shape index (κ2) is 10.4. The van der Waals surface area contributed by atoms with Crippen LogP contribution >= 0.6 is 11.6 Å². The molecule has 0 aliphatic carbocycles. The first-order valence-corrected chi connectivity index (χ1v) is 13.7. The van der Waals surface area contributed by atoms with Crippen molar-refractivity contribution >= 4 is 45.4 Å². The molecule has 1 aromatic carbocycles. The molecular weight excluding hydrogens is 554 g/mol. The number of benzene rings is 1. The van der Waals surface area contributed by atoms with Crippen LogP contribution in [0, 0.1) is 0 Å². The van der Waals surface area contributed by atoms with Crippen molar-refractivity contribution in [2.24, 2.45) is 0 Å². The summed E-state index contributed by atoms with van der Waals surface area (Å²) in [5.74, 6) is 7.00. The highest BCUT2D eigenvalue weighted by Gasteiger charge is 2.21. The number of anilines is 1. The molecule has 1 saturated heterocycles. The summed E-state index contributed by atoms with van der Waals surface area (Å²) >= 11 is 6.25. The van der Waals surface area contributed by atoms with Gasteiger partial charge in [-0.05, 0) is 36.9 Å². The third-order valence-electron chi connectivity index (χ3n) is 7.48. The average molecular weight is 580 g/mol. The van der Waals surface area contributed by atoms with Crippen LogP contribution in [0.2, 0.25) is 5.02 Å². The number of amides is 2. The number of halogens is 1. The average Bonchev–Trinajstić information content (AvgIpc) is 3.57. The number of piperazine rings is 1. The van der Waals surface area contributed by atoms with E-state index in [0.29, 0.717) is 52.0 Å². The van der Waals surface area contributed by atoms with E-state index in [1.54, 1.807) is 31.0 Å². The molecular formula is C29H26ClN11O. The van der Waals surface area contributed by atoms with E-state index in [1.165, 1.54) is 4.68 Å². The molecule has 42 heavy (non-hydrogen) atoms. The zero-order valence-electron chi connectivity index (χ0n) is 22.6. The number of likely N-dealkylation sites (N-methyl/N-ethyl adjacent to an activating group) is 1. The first-order valence-electron chi connectivity index (χ1n) is 13.4. The van der Waals surface area contributed by atoms with Crippen molar-refractivity contribution < 1.29 is 4.79 Å². The predicted molar refractivity (Wildman–Crippen MR) is 162 cm³/mol. The number of carbonyl (C=O) groups is 1. The molecule has 0 spiro atoms. The molecule has 4 N–H and O–H groups in total. The molecule has 6 aromatic rings. The highest BCUT2D eigenvalue weighted by molar-refractivity contribution is 6.30. The van der Waals surface area contributed by atoms with Crippen molar-refractivity contribution in [2.75, 3.05) is 44.4 Å². The van der Waals surface area contributed by atoms with Crippen molar-refractivity contribution in [3.63, 3.8) is 0 Å². The summed E-state index contributed by atoms with van der Waals surface area (Å²) in [4.78, 5) is 35.0. The lowest BCUT2D eigenvalue weighted by atomic mass is 10.1. The second-order valence-electron chi connectivity index (χ2n) is 10.2. The van der Waals surface area contributed by atoms with Crippen molar-refractivity contribution in [3.05, 3.63) is 72.4 Å². The summed E-state index contributed by atoms with van der Waals surface area (Å²) in [7, 11) is 2.05. The molecule has 0 bridgehead atoms. The van der Waals surface area contributed by atoms with Crippen molar-refractivity contribution in [1.29, 1.82) is 0 Å². The molecule has 0 radical (unpaired) electrons. The van der Waals surface area contributed by atoms with E-state index in [9.17, 15) is 4.79 Å². The lowest BCUT2D eigenvalue weighted by Crippen LogP contribution is -2.48. The van der Waals surface area contributed by atoms with Gasteiger partial charge in [0.05, 0.1) is 23.5 Å². The number of hydrogen-bond donors (Lipinski definition) is 3. The van der Waals surface area contributed by atoms with Gasteiger partial charge in [-0.25, -0.2) is 19.4 Å². The fourth-order valence-corrected chi connectivity index (χ4v) is 5.34. The number of carbonyl (C=O) groups excluding carboxylic acids is 1. The molecule has 6 heterocycles. The van der Waals surface area contributed by atoms with E-state index in [1.807, 2.05) is 41.3 Å². The standard InChI is InChI=1S/C29H26ClN11O/c1-39-5-7-40(8-6-39)29(42)35-21-10-18(12-32-14-21)19-11-22-26(37-38-27(22)34-13-19)28-36-25-23(15-33-16-24(25)41(28)31)17-3-2-4-20(30)9-17/h2-4,9-16H,5-8,31H2,1H3,(H,35,42)(H,34,37,38). The largest absolute Gasteiger partial charge is 0.337 e. The Morgan fingerprint density at radius 2 is 1.79 bits per heavy atom. The van der Waals surface area contributed by atoms with Crippen LogP contribution in [-0.4, -0.2) is 83.9 Å². The SMILES string of the molecule is CN1CCN(C(=O)Nc2cncc(-c3cnc4[nH]nc(-c5nc6c(-c7cccc(Cl)c7)cncc6n5N)c4c3)c2)CC1. The molecule has 12 nitrogen and oxygen atoms in total. The summed E-state index contributed by atoms with van der Waals surface area (Å²) in [5, 5.41) is 11.8. The topological polar surface area (TPSA) is 147 Å². The number of fused-ring (bicyclic) bond motifs is 2. The summed E-state index contributed by atoms with van der Waals surface area (Å²) in [6.07, 6.45) is 8.52. The molecule has 0 unspecified atom stereocenters. The van der Waals surface area contributed by atoms with Gasteiger partial charge in [-0.1, -0.05) is 23.7 Å². The second-order valence-corrected chi connectivity index (χ2v) is 10.7. The lowest BCUT2D eigenvalue weighted by Gasteiger charge is -2.32. The molecule has 13 heteroatoms. The number of nitrogens with one attached hydrogen (secondary N) is 2. The smallest absolute Gasteiger partial charge is 0.321 e. The number of nitrogens with two attached hydrogens (primary N) is 1. The monoisotopic (exact) mass is 579 g/mol. The van der Waals surface area contributed by atoms with Gasteiger partial charge in [0.25, 0.3) is 0 Å². The van der Waals surface area contributed by atoms with Crippen LogP contribution in [0.25, 0.3) is 55.8 Å². The number of rotatable bonds is 4. The molecule has 7 rings (SSSR count). The van der Waals surface area contributed by atoms with Crippen molar-refractivity contribution in [2.45, 2.75) is 0 Å². The maximum Gasteiger partial charge on any atom is 0.321 e. The number of pyridine rings is 3. The molecule has 210 valence electrons. The maximum absolute atomic E-state index is 12.8. The number of aromatic amines is 1. The highest BCUT2D eigenvalue weighted by atomic mass is 35.5. The van der Waals surface area contributed by atoms with Crippen LogP contribution in [0.5, 0.6) is 0 Å². The Balaban J connectivity index is 1.23. The molecule has 5 aromatic heterocycles. The zero-order valence-corrected chi connectivity index (χ0v) is 23.4. The lowest BCUT2D eigenvalue weighted by molar-refractivity contribution is 0.164. The van der Waals surface area contributed by atoms with Gasteiger partial charge in [0.2, 0.25) is 0 Å². The Morgan fingerprint density at radius 3 is 2.62 bits per heavy atom. The number of urea groups is 1. The first kappa shape index (κ1) is 25.9. The van der Waals surface area contributed by atoms with E-state index in [4.69, 9.17) is 22.4 Å². The number of aromatic nitrogens is 7. The van der Waals surface area contributed by atoms with E-state index < -0.39 is 0 Å². The van der Waals surface area contributed by atoms with Gasteiger partial charge in [-0.2, -0.15) is 5.10 Å². The third-order valence-corrected chi connectivity index (χ3v) is 7.72. The number of nitrogens with zero attached hydrogens (tertiary/aromatic N) is 8. The van der Waals surface area contributed by atoms with Gasteiger partial charge in [0.1, 0.15) is 16.7 Å². The number of hydrogen-bond acceptors (Lipinski definition) is 8. The predicted octanol–water partition coefficient (Wildman–Crippen LogP) is 4.25. The van der Waals surface area contributed by atoms with E-state index in [2.05, 4.69) is 42.4 Å². The maximum atomic E-state index is 12.8. The highest BCUT2D eigenvalue weighted by Crippen LogP contribution is 2.34. The van der Waals surface area contributed by atoms with Gasteiger partial charge in [-0.15, -0.1) is 0 Å². The van der Waals surface area contributed by atoms with Crippen LogP contribution in [0.4, 0.5) is 10.5 Å². The normalized spacial score (nSPS) is 14.1. The molecule has 1 aliphatic heterocycles. The van der Waals surface area contributed by atoms with Crippen molar-refractivity contribution in [1.82, 2.24) is 44.6 Å². The van der Waals surface area contributed by atoms with E-state index in [-0.39, 0.29) is 6.03 Å². The summed E-state index contributed by atoms with van der Waals surface area (Å²) in [6.45, 7) is 3.06. The Kier molecular flexibility index (Phi) is 6.40.